The third-order valence-corrected chi connectivity index (χ3v) is 1.99. The highest BCUT2D eigenvalue weighted by Crippen LogP contribution is 2.34. The second-order valence-electron chi connectivity index (χ2n) is 2.72. The fraction of sp³-hybridized carbons (Fsp3) is 0.222. The minimum Gasteiger partial charge on any atom is -0.294 e. The smallest absolute Gasteiger partial charge is 0.294 e. The van der Waals surface area contributed by atoms with Gasteiger partial charge in [-0.05, 0) is 19.1 Å². The van der Waals surface area contributed by atoms with Crippen molar-refractivity contribution in [2.75, 3.05) is 0 Å². The van der Waals surface area contributed by atoms with Gasteiger partial charge in [0.15, 0.2) is 5.78 Å². The summed E-state index contributed by atoms with van der Waals surface area (Å²) in [7, 11) is 0. The summed E-state index contributed by atoms with van der Waals surface area (Å²) in [4.78, 5) is 10.9. The van der Waals surface area contributed by atoms with E-state index < -0.39 is 23.1 Å². The minimum absolute atomic E-state index is 0.174. The molecule has 0 heterocycles. The molecule has 0 bridgehead atoms. The van der Waals surface area contributed by atoms with Crippen LogP contribution in [0.25, 0.3) is 0 Å². The molecule has 0 atom stereocenters. The summed E-state index contributed by atoms with van der Waals surface area (Å²) >= 11 is 5.51. The Morgan fingerprint density at radius 1 is 1.36 bits per heavy atom. The Kier molecular flexibility index (Phi) is 2.85. The van der Waals surface area contributed by atoms with Crippen LogP contribution < -0.4 is 0 Å². The normalized spacial score (nSPS) is 11.5. The molecule has 0 unspecified atom stereocenters. The zero-order valence-corrected chi connectivity index (χ0v) is 7.91. The molecule has 0 aromatic heterocycles. The van der Waals surface area contributed by atoms with E-state index in [9.17, 15) is 18.0 Å². The van der Waals surface area contributed by atoms with Gasteiger partial charge in [0, 0.05) is 5.56 Å². The fourth-order valence-corrected chi connectivity index (χ4v) is 1.43. The second-order valence-corrected chi connectivity index (χ2v) is 3.12. The zero-order chi connectivity index (χ0) is 10.9. The summed E-state index contributed by atoms with van der Waals surface area (Å²) < 4.78 is 37.1. The van der Waals surface area contributed by atoms with E-state index in [0.717, 1.165) is 19.1 Å². The summed E-state index contributed by atoms with van der Waals surface area (Å²) in [6, 6.07) is 3.26. The largest absolute Gasteiger partial charge is 0.417 e. The lowest BCUT2D eigenvalue weighted by molar-refractivity contribution is -0.137. The van der Waals surface area contributed by atoms with Crippen LogP contribution >= 0.6 is 11.6 Å². The Hall–Kier alpha value is -1.03. The maximum atomic E-state index is 12.4. The number of carbonyl (C=O) groups excluding carboxylic acids is 1. The lowest BCUT2D eigenvalue weighted by Crippen LogP contribution is -2.11. The number of benzene rings is 1. The highest BCUT2D eigenvalue weighted by atomic mass is 35.5. The highest BCUT2D eigenvalue weighted by molar-refractivity contribution is 6.34. The molecular weight excluding hydrogens is 217 g/mol. The van der Waals surface area contributed by atoms with Crippen LogP contribution in [0.4, 0.5) is 13.2 Å². The summed E-state index contributed by atoms with van der Waals surface area (Å²) in [6.07, 6.45) is -4.55. The molecule has 5 heteroatoms. The van der Waals surface area contributed by atoms with E-state index in [0.29, 0.717) is 0 Å². The van der Waals surface area contributed by atoms with Gasteiger partial charge >= 0.3 is 6.18 Å². The molecule has 0 fully saturated rings. The summed E-state index contributed by atoms with van der Waals surface area (Å²) in [5.41, 5.74) is -1.46. The molecule has 0 aliphatic carbocycles. The van der Waals surface area contributed by atoms with E-state index in [4.69, 9.17) is 11.6 Å². The van der Waals surface area contributed by atoms with Crippen molar-refractivity contribution in [2.45, 2.75) is 13.1 Å². The van der Waals surface area contributed by atoms with E-state index in [1.165, 1.54) is 6.07 Å². The first-order chi connectivity index (χ1) is 6.34. The van der Waals surface area contributed by atoms with Crippen LogP contribution in [0.15, 0.2) is 18.2 Å². The van der Waals surface area contributed by atoms with Crippen LogP contribution in [0.1, 0.15) is 22.8 Å². The van der Waals surface area contributed by atoms with Gasteiger partial charge in [0.2, 0.25) is 0 Å². The van der Waals surface area contributed by atoms with Crippen molar-refractivity contribution in [3.8, 4) is 0 Å². The van der Waals surface area contributed by atoms with Crippen LogP contribution in [0.5, 0.6) is 0 Å². The van der Waals surface area contributed by atoms with Gasteiger partial charge in [-0.2, -0.15) is 13.2 Å². The van der Waals surface area contributed by atoms with E-state index in [1.54, 1.807) is 0 Å². The third-order valence-electron chi connectivity index (χ3n) is 1.67. The average molecular weight is 223 g/mol. The summed E-state index contributed by atoms with van der Waals surface area (Å²) in [5, 5.41) is -0.174. The highest BCUT2D eigenvalue weighted by Gasteiger charge is 2.35. The van der Waals surface area contributed by atoms with Gasteiger partial charge in [0.05, 0.1) is 10.6 Å². The molecule has 0 N–H and O–H groups in total. The van der Waals surface area contributed by atoms with E-state index >= 15 is 0 Å². The maximum Gasteiger partial charge on any atom is 0.417 e. The average Bonchev–Trinajstić information content (AvgIpc) is 2.01. The Balaban J connectivity index is 3.44. The van der Waals surface area contributed by atoms with Crippen molar-refractivity contribution in [1.82, 2.24) is 0 Å². The summed E-state index contributed by atoms with van der Waals surface area (Å²) in [6.45, 7) is 1.05. The van der Waals surface area contributed by atoms with Crippen molar-refractivity contribution in [3.63, 3.8) is 0 Å². The van der Waals surface area contributed by atoms with Gasteiger partial charge < -0.3 is 0 Å². The first-order valence-electron chi connectivity index (χ1n) is 3.70. The molecule has 0 radical (unpaired) electrons. The van der Waals surface area contributed by atoms with Crippen LogP contribution in [-0.4, -0.2) is 5.78 Å². The quantitative estimate of drug-likeness (QED) is 0.664. The predicted molar refractivity (Wildman–Crippen MR) is 46.5 cm³/mol. The third kappa shape index (κ3) is 2.07. The minimum atomic E-state index is -4.55. The molecule has 0 amide bonds. The number of Topliss-reactive ketones (excluding diaryl/α,β-unsaturated/α-hetero) is 1. The molecular formula is C9H6ClF3O. The number of hydrogen-bond donors (Lipinski definition) is 0. The first kappa shape index (κ1) is 11.0. The molecule has 76 valence electrons. The molecule has 1 aromatic carbocycles. The van der Waals surface area contributed by atoms with Gasteiger partial charge in [-0.3, -0.25) is 4.79 Å². The van der Waals surface area contributed by atoms with Crippen molar-refractivity contribution in [1.29, 1.82) is 0 Å². The number of hydrogen-bond acceptors (Lipinski definition) is 1. The first-order valence-corrected chi connectivity index (χ1v) is 4.08. The van der Waals surface area contributed by atoms with E-state index in [2.05, 4.69) is 0 Å². The number of halogens is 4. The van der Waals surface area contributed by atoms with Crippen molar-refractivity contribution < 1.29 is 18.0 Å². The van der Waals surface area contributed by atoms with Crippen LogP contribution in [0.3, 0.4) is 0 Å². The number of carbonyl (C=O) groups is 1. The van der Waals surface area contributed by atoms with E-state index in [-0.39, 0.29) is 5.02 Å². The lowest BCUT2D eigenvalue weighted by atomic mass is 10.0. The Morgan fingerprint density at radius 3 is 2.29 bits per heavy atom. The zero-order valence-electron chi connectivity index (χ0n) is 7.15. The molecule has 0 saturated carbocycles. The predicted octanol–water partition coefficient (Wildman–Crippen LogP) is 3.56. The molecule has 14 heavy (non-hydrogen) atoms. The molecule has 0 spiro atoms. The van der Waals surface area contributed by atoms with Gasteiger partial charge in [-0.1, -0.05) is 17.7 Å². The Labute approximate surface area is 83.5 Å². The molecule has 0 aliphatic heterocycles. The topological polar surface area (TPSA) is 17.1 Å². The Bertz CT molecular complexity index is 371. The number of alkyl halides is 3. The molecule has 1 aromatic rings. The van der Waals surface area contributed by atoms with Gasteiger partial charge in [-0.15, -0.1) is 0 Å². The molecule has 1 nitrogen and oxygen atoms in total. The number of rotatable bonds is 1. The van der Waals surface area contributed by atoms with Crippen LogP contribution in [-0.2, 0) is 6.18 Å². The fourth-order valence-electron chi connectivity index (χ4n) is 1.12. The second kappa shape index (κ2) is 3.61. The Morgan fingerprint density at radius 2 is 1.93 bits per heavy atom. The summed E-state index contributed by atoms with van der Waals surface area (Å²) in [5.74, 6) is -0.692. The standard InChI is InChI=1S/C9H6ClF3O/c1-5(14)8-6(9(11,12)13)3-2-4-7(8)10/h2-4H,1H3. The van der Waals surface area contributed by atoms with Crippen molar-refractivity contribution in [3.05, 3.63) is 34.3 Å². The lowest BCUT2D eigenvalue weighted by Gasteiger charge is -2.11. The maximum absolute atomic E-state index is 12.4. The van der Waals surface area contributed by atoms with Crippen LogP contribution in [0, 0.1) is 0 Å². The molecule has 0 aliphatic rings. The molecule has 1 rings (SSSR count). The molecule has 0 saturated heterocycles. The van der Waals surface area contributed by atoms with Crippen molar-refractivity contribution >= 4 is 17.4 Å². The van der Waals surface area contributed by atoms with E-state index in [1.807, 2.05) is 0 Å². The van der Waals surface area contributed by atoms with Crippen LogP contribution in [0.2, 0.25) is 5.02 Å². The van der Waals surface area contributed by atoms with Gasteiger partial charge in [0.1, 0.15) is 0 Å². The van der Waals surface area contributed by atoms with Crippen molar-refractivity contribution in [2.24, 2.45) is 0 Å². The number of ketones is 1. The monoisotopic (exact) mass is 222 g/mol. The van der Waals surface area contributed by atoms with Gasteiger partial charge in [-0.25, -0.2) is 0 Å². The SMILES string of the molecule is CC(=O)c1c(Cl)cccc1C(F)(F)F. The van der Waals surface area contributed by atoms with Gasteiger partial charge in [0.25, 0.3) is 0 Å².